The molecule has 22 heavy (non-hydrogen) atoms. The predicted octanol–water partition coefficient (Wildman–Crippen LogP) is 3.26. The Morgan fingerprint density at radius 3 is 2.59 bits per heavy atom. The number of nitrogens with one attached hydrogen (secondary N) is 2. The Balaban J connectivity index is 2.20. The number of anilines is 1. The molecule has 0 saturated heterocycles. The molecule has 1 aromatic heterocycles. The first-order chi connectivity index (χ1) is 10.7. The van der Waals surface area contributed by atoms with E-state index in [2.05, 4.69) is 15.6 Å². The van der Waals surface area contributed by atoms with Crippen molar-refractivity contribution in [3.8, 4) is 0 Å². The third-order valence-electron chi connectivity index (χ3n) is 2.80. The van der Waals surface area contributed by atoms with Crippen LogP contribution in [0.2, 0.25) is 0 Å². The number of benzene rings is 1. The fourth-order valence-corrected chi connectivity index (χ4v) is 3.17. The zero-order valence-corrected chi connectivity index (χ0v) is 14.0. The molecule has 0 atom stereocenters. The number of amides is 2. The Morgan fingerprint density at radius 1 is 1.23 bits per heavy atom. The molecule has 2 aromatic rings. The smallest absolute Gasteiger partial charge is 0.273 e. The molecule has 7 heteroatoms. The maximum absolute atomic E-state index is 12.2. The van der Waals surface area contributed by atoms with E-state index >= 15 is 0 Å². The first-order valence-electron chi connectivity index (χ1n) is 6.85. The number of rotatable bonds is 6. The summed E-state index contributed by atoms with van der Waals surface area (Å²) in [6.07, 6.45) is 2.73. The van der Waals surface area contributed by atoms with E-state index in [9.17, 15) is 9.59 Å². The lowest BCUT2D eigenvalue weighted by Crippen LogP contribution is -2.25. The highest BCUT2D eigenvalue weighted by atomic mass is 32.2. The topological polar surface area (TPSA) is 71.1 Å². The van der Waals surface area contributed by atoms with E-state index in [0.717, 1.165) is 10.8 Å². The second-order valence-corrected chi connectivity index (χ2v) is 6.49. The fourth-order valence-electron chi connectivity index (χ4n) is 1.71. The SMILES string of the molecule is CCCNC(=O)c1nc(SC)sc1NC(=O)c1ccccc1. The van der Waals surface area contributed by atoms with Crippen LogP contribution in [0.15, 0.2) is 34.7 Å². The van der Waals surface area contributed by atoms with Gasteiger partial charge in [-0.1, -0.05) is 48.2 Å². The van der Waals surface area contributed by atoms with Crippen molar-refractivity contribution in [3.63, 3.8) is 0 Å². The summed E-state index contributed by atoms with van der Waals surface area (Å²) in [5, 5.41) is 6.04. The largest absolute Gasteiger partial charge is 0.351 e. The van der Waals surface area contributed by atoms with Gasteiger partial charge in [0.25, 0.3) is 11.8 Å². The highest BCUT2D eigenvalue weighted by Gasteiger charge is 2.20. The lowest BCUT2D eigenvalue weighted by molar-refractivity contribution is 0.0950. The van der Waals surface area contributed by atoms with Gasteiger partial charge in [0.15, 0.2) is 10.0 Å². The van der Waals surface area contributed by atoms with Crippen molar-refractivity contribution in [3.05, 3.63) is 41.6 Å². The lowest BCUT2D eigenvalue weighted by Gasteiger charge is -2.05. The number of thioether (sulfide) groups is 1. The van der Waals surface area contributed by atoms with Crippen LogP contribution in [0, 0.1) is 0 Å². The van der Waals surface area contributed by atoms with Gasteiger partial charge in [-0.05, 0) is 24.8 Å². The van der Waals surface area contributed by atoms with Crippen LogP contribution >= 0.6 is 23.1 Å². The van der Waals surface area contributed by atoms with Crippen molar-refractivity contribution >= 4 is 39.9 Å². The summed E-state index contributed by atoms with van der Waals surface area (Å²) >= 11 is 2.75. The molecule has 5 nitrogen and oxygen atoms in total. The second kappa shape index (κ2) is 7.95. The first-order valence-corrected chi connectivity index (χ1v) is 8.89. The van der Waals surface area contributed by atoms with Gasteiger partial charge in [0.05, 0.1) is 0 Å². The summed E-state index contributed by atoms with van der Waals surface area (Å²) in [6.45, 7) is 2.56. The molecule has 0 bridgehead atoms. The minimum atomic E-state index is -0.262. The zero-order valence-electron chi connectivity index (χ0n) is 12.4. The number of aromatic nitrogens is 1. The van der Waals surface area contributed by atoms with E-state index in [4.69, 9.17) is 0 Å². The van der Waals surface area contributed by atoms with Gasteiger partial charge >= 0.3 is 0 Å². The van der Waals surface area contributed by atoms with Gasteiger partial charge in [0, 0.05) is 12.1 Å². The van der Waals surface area contributed by atoms with Gasteiger partial charge in [-0.15, -0.1) is 0 Å². The summed E-state index contributed by atoms with van der Waals surface area (Å²) in [6, 6.07) is 8.89. The van der Waals surface area contributed by atoms with Crippen LogP contribution < -0.4 is 10.6 Å². The van der Waals surface area contributed by atoms with Gasteiger partial charge in [-0.25, -0.2) is 4.98 Å². The molecule has 1 aromatic carbocycles. The summed E-state index contributed by atoms with van der Waals surface area (Å²) in [4.78, 5) is 28.7. The average Bonchev–Trinajstić information content (AvgIpc) is 2.96. The van der Waals surface area contributed by atoms with Gasteiger partial charge in [0.2, 0.25) is 0 Å². The maximum Gasteiger partial charge on any atom is 0.273 e. The van der Waals surface area contributed by atoms with Crippen LogP contribution in [0.1, 0.15) is 34.2 Å². The van der Waals surface area contributed by atoms with Gasteiger partial charge in [-0.2, -0.15) is 0 Å². The lowest BCUT2D eigenvalue weighted by atomic mass is 10.2. The summed E-state index contributed by atoms with van der Waals surface area (Å²) in [5.74, 6) is -0.511. The number of carbonyl (C=O) groups is 2. The number of hydrogen-bond donors (Lipinski definition) is 2. The Kier molecular flexibility index (Phi) is 5.97. The molecule has 0 aliphatic carbocycles. The molecule has 2 N–H and O–H groups in total. The molecule has 0 spiro atoms. The number of thiazole rings is 1. The summed E-state index contributed by atoms with van der Waals surface area (Å²) in [5.41, 5.74) is 0.814. The summed E-state index contributed by atoms with van der Waals surface area (Å²) in [7, 11) is 0. The molecule has 0 aliphatic rings. The quantitative estimate of drug-likeness (QED) is 0.795. The second-order valence-electron chi connectivity index (χ2n) is 4.44. The van der Waals surface area contributed by atoms with Crippen LogP contribution in [0.3, 0.4) is 0 Å². The van der Waals surface area contributed by atoms with Gasteiger partial charge < -0.3 is 10.6 Å². The summed E-state index contributed by atoms with van der Waals surface area (Å²) < 4.78 is 0.741. The molecule has 0 radical (unpaired) electrons. The molecular weight excluding hydrogens is 318 g/mol. The highest BCUT2D eigenvalue weighted by molar-refractivity contribution is 8.00. The molecular formula is C15H17N3O2S2. The van der Waals surface area contributed by atoms with Crippen LogP contribution in [0.4, 0.5) is 5.00 Å². The van der Waals surface area contributed by atoms with Crippen molar-refractivity contribution < 1.29 is 9.59 Å². The highest BCUT2D eigenvalue weighted by Crippen LogP contribution is 2.30. The number of nitrogens with zero attached hydrogens (tertiary/aromatic N) is 1. The zero-order chi connectivity index (χ0) is 15.9. The molecule has 2 rings (SSSR count). The van der Waals surface area contributed by atoms with E-state index in [1.54, 1.807) is 24.3 Å². The normalized spacial score (nSPS) is 10.3. The Bertz CT molecular complexity index is 656. The third kappa shape index (κ3) is 4.08. The van der Waals surface area contributed by atoms with E-state index in [0.29, 0.717) is 17.1 Å². The molecule has 0 saturated carbocycles. The average molecular weight is 335 g/mol. The molecule has 116 valence electrons. The van der Waals surface area contributed by atoms with Crippen molar-refractivity contribution in [1.82, 2.24) is 10.3 Å². The van der Waals surface area contributed by atoms with Gasteiger partial charge in [-0.3, -0.25) is 9.59 Å². The molecule has 2 amide bonds. The van der Waals surface area contributed by atoms with Crippen molar-refractivity contribution in [2.75, 3.05) is 18.1 Å². The Labute approximate surface area is 137 Å². The molecule has 0 fully saturated rings. The monoisotopic (exact) mass is 335 g/mol. The maximum atomic E-state index is 12.2. The van der Waals surface area contributed by atoms with Crippen molar-refractivity contribution in [2.24, 2.45) is 0 Å². The van der Waals surface area contributed by atoms with Crippen LogP contribution in [0.5, 0.6) is 0 Å². The van der Waals surface area contributed by atoms with Crippen molar-refractivity contribution in [2.45, 2.75) is 17.7 Å². The number of carbonyl (C=O) groups excluding carboxylic acids is 2. The molecule has 1 heterocycles. The van der Waals surface area contributed by atoms with Crippen LogP contribution in [-0.2, 0) is 0 Å². The molecule has 0 unspecified atom stereocenters. The van der Waals surface area contributed by atoms with E-state index in [1.165, 1.54) is 23.1 Å². The first kappa shape index (κ1) is 16.5. The van der Waals surface area contributed by atoms with Crippen LogP contribution in [0.25, 0.3) is 0 Å². The molecule has 0 aliphatic heterocycles. The third-order valence-corrected chi connectivity index (χ3v) is 4.75. The standard InChI is InChI=1S/C15H17N3O2S2/c1-3-9-16-13(20)11-14(22-15(17-11)21-2)18-12(19)10-7-5-4-6-8-10/h4-8H,3,9H2,1-2H3,(H,16,20)(H,18,19). The van der Waals surface area contributed by atoms with Gasteiger partial charge in [0.1, 0.15) is 5.00 Å². The minimum absolute atomic E-state index is 0.249. The number of hydrogen-bond acceptors (Lipinski definition) is 5. The predicted molar refractivity (Wildman–Crippen MR) is 90.9 cm³/mol. The minimum Gasteiger partial charge on any atom is -0.351 e. The van der Waals surface area contributed by atoms with E-state index < -0.39 is 0 Å². The Hall–Kier alpha value is -1.86. The van der Waals surface area contributed by atoms with E-state index in [-0.39, 0.29) is 17.5 Å². The van der Waals surface area contributed by atoms with Crippen molar-refractivity contribution in [1.29, 1.82) is 0 Å². The fraction of sp³-hybridized carbons (Fsp3) is 0.267. The Morgan fingerprint density at radius 2 is 1.95 bits per heavy atom. The van der Waals surface area contributed by atoms with Crippen LogP contribution in [-0.4, -0.2) is 29.6 Å². The van der Waals surface area contributed by atoms with E-state index in [1.807, 2.05) is 19.2 Å².